The number of nitrogens with zero attached hydrogens (tertiary/aromatic N) is 2. The summed E-state index contributed by atoms with van der Waals surface area (Å²) >= 11 is 0. The van der Waals surface area contributed by atoms with Gasteiger partial charge in [-0.3, -0.25) is 9.79 Å². The number of morpholine rings is 1. The lowest BCUT2D eigenvalue weighted by Gasteiger charge is -2.35. The molecular formula is C23H30N4O3. The molecule has 1 fully saturated rings. The number of ether oxygens (including phenoxy) is 2. The molecule has 1 heterocycles. The highest BCUT2D eigenvalue weighted by Crippen LogP contribution is 2.24. The zero-order valence-electron chi connectivity index (χ0n) is 17.9. The van der Waals surface area contributed by atoms with Gasteiger partial charge in [-0.05, 0) is 42.3 Å². The Balaban J connectivity index is 1.48. The summed E-state index contributed by atoms with van der Waals surface area (Å²) in [7, 11) is 3.38. The van der Waals surface area contributed by atoms with Gasteiger partial charge in [0.1, 0.15) is 11.9 Å². The van der Waals surface area contributed by atoms with Gasteiger partial charge < -0.3 is 25.0 Å². The number of aliphatic imine (C=N–C) groups is 1. The number of rotatable bonds is 6. The summed E-state index contributed by atoms with van der Waals surface area (Å²) in [6.07, 6.45) is 0.0216. The fourth-order valence-corrected chi connectivity index (χ4v) is 3.50. The quantitative estimate of drug-likeness (QED) is 0.435. The Kier molecular flexibility index (Phi) is 7.68. The second-order valence-corrected chi connectivity index (χ2v) is 7.12. The molecule has 7 nitrogen and oxygen atoms in total. The van der Waals surface area contributed by atoms with Crippen molar-refractivity contribution in [1.82, 2.24) is 15.5 Å². The normalized spacial score (nSPS) is 16.8. The van der Waals surface area contributed by atoms with E-state index in [-0.39, 0.29) is 12.0 Å². The van der Waals surface area contributed by atoms with Crippen LogP contribution in [0.2, 0.25) is 0 Å². The van der Waals surface area contributed by atoms with Crippen LogP contribution in [-0.2, 0) is 4.74 Å². The lowest BCUT2D eigenvalue weighted by atomic mass is 10.0. The topological polar surface area (TPSA) is 75.2 Å². The molecule has 1 aliphatic heterocycles. The van der Waals surface area contributed by atoms with Gasteiger partial charge in [-0.1, -0.05) is 24.3 Å². The van der Waals surface area contributed by atoms with Crippen molar-refractivity contribution in [2.75, 3.05) is 46.9 Å². The minimum atomic E-state index is -0.111. The molecule has 1 saturated heterocycles. The van der Waals surface area contributed by atoms with Crippen molar-refractivity contribution in [2.24, 2.45) is 4.99 Å². The van der Waals surface area contributed by atoms with E-state index in [9.17, 15) is 4.79 Å². The van der Waals surface area contributed by atoms with Crippen LogP contribution in [-0.4, -0.2) is 63.7 Å². The fourth-order valence-electron chi connectivity index (χ4n) is 3.50. The van der Waals surface area contributed by atoms with Crippen LogP contribution in [0.5, 0.6) is 5.75 Å². The zero-order chi connectivity index (χ0) is 21.3. The van der Waals surface area contributed by atoms with Crippen LogP contribution >= 0.6 is 0 Å². The summed E-state index contributed by atoms with van der Waals surface area (Å²) in [5, 5.41) is 6.26. The molecule has 0 aromatic heterocycles. The number of carbonyl (C=O) groups is 1. The first-order valence-corrected chi connectivity index (χ1v) is 10.2. The molecule has 2 aromatic rings. The van der Waals surface area contributed by atoms with Gasteiger partial charge >= 0.3 is 0 Å². The monoisotopic (exact) mass is 410 g/mol. The van der Waals surface area contributed by atoms with Gasteiger partial charge in [0.15, 0.2) is 5.96 Å². The van der Waals surface area contributed by atoms with Gasteiger partial charge in [-0.2, -0.15) is 0 Å². The maximum absolute atomic E-state index is 12.3. The average molecular weight is 411 g/mol. The summed E-state index contributed by atoms with van der Waals surface area (Å²) < 4.78 is 11.1. The SMILES string of the molecule is CN=C(NCCNC(=O)c1ccc(OC)cc1)N1CCOC(c2ccccc2C)C1. The Morgan fingerprint density at radius 1 is 1.17 bits per heavy atom. The van der Waals surface area contributed by atoms with E-state index in [1.807, 2.05) is 12.1 Å². The van der Waals surface area contributed by atoms with Crippen LogP contribution in [0.1, 0.15) is 27.6 Å². The number of benzene rings is 2. The van der Waals surface area contributed by atoms with Crippen LogP contribution < -0.4 is 15.4 Å². The van der Waals surface area contributed by atoms with Crippen molar-refractivity contribution < 1.29 is 14.3 Å². The van der Waals surface area contributed by atoms with Gasteiger partial charge in [0.05, 0.1) is 20.3 Å². The molecule has 0 spiro atoms. The van der Waals surface area contributed by atoms with Gasteiger partial charge in [-0.15, -0.1) is 0 Å². The smallest absolute Gasteiger partial charge is 0.251 e. The Bertz CT molecular complexity index is 867. The van der Waals surface area contributed by atoms with E-state index >= 15 is 0 Å². The summed E-state index contributed by atoms with van der Waals surface area (Å²) in [6, 6.07) is 15.4. The van der Waals surface area contributed by atoms with Crippen molar-refractivity contribution in [3.8, 4) is 5.75 Å². The summed E-state index contributed by atoms with van der Waals surface area (Å²) in [4.78, 5) is 18.9. The van der Waals surface area contributed by atoms with Crippen molar-refractivity contribution in [2.45, 2.75) is 13.0 Å². The van der Waals surface area contributed by atoms with Crippen LogP contribution in [0, 0.1) is 6.92 Å². The maximum atomic E-state index is 12.3. The molecule has 30 heavy (non-hydrogen) atoms. The summed E-state index contributed by atoms with van der Waals surface area (Å²) in [5.41, 5.74) is 3.05. The molecule has 160 valence electrons. The standard InChI is InChI=1S/C23H30N4O3/c1-17-6-4-5-7-20(17)21-16-27(14-15-30-21)23(24-2)26-13-12-25-22(28)18-8-10-19(29-3)11-9-18/h4-11,21H,12-16H2,1-3H3,(H,24,26)(H,25,28). The van der Waals surface area contributed by atoms with E-state index in [1.54, 1.807) is 38.4 Å². The minimum Gasteiger partial charge on any atom is -0.497 e. The number of amides is 1. The molecule has 1 atom stereocenters. The second-order valence-electron chi connectivity index (χ2n) is 7.12. The Morgan fingerprint density at radius 2 is 1.90 bits per heavy atom. The molecule has 0 aliphatic carbocycles. The zero-order valence-corrected chi connectivity index (χ0v) is 17.9. The van der Waals surface area contributed by atoms with E-state index in [2.05, 4.69) is 39.6 Å². The number of methoxy groups -OCH3 is 1. The fraction of sp³-hybridized carbons (Fsp3) is 0.391. The number of hydrogen-bond donors (Lipinski definition) is 2. The number of aryl methyl sites for hydroxylation is 1. The van der Waals surface area contributed by atoms with E-state index in [0.717, 1.165) is 24.8 Å². The largest absolute Gasteiger partial charge is 0.497 e. The molecule has 2 aromatic carbocycles. The molecule has 0 bridgehead atoms. The molecular weight excluding hydrogens is 380 g/mol. The Hall–Kier alpha value is -3.06. The van der Waals surface area contributed by atoms with E-state index in [1.165, 1.54) is 11.1 Å². The highest BCUT2D eigenvalue weighted by Gasteiger charge is 2.25. The number of nitrogens with one attached hydrogen (secondary N) is 2. The van der Waals surface area contributed by atoms with Gasteiger partial charge in [0.2, 0.25) is 0 Å². The van der Waals surface area contributed by atoms with E-state index in [0.29, 0.717) is 25.3 Å². The first-order valence-electron chi connectivity index (χ1n) is 10.2. The van der Waals surface area contributed by atoms with Crippen LogP contribution in [0.15, 0.2) is 53.5 Å². The molecule has 0 saturated carbocycles. The highest BCUT2D eigenvalue weighted by molar-refractivity contribution is 5.94. The van der Waals surface area contributed by atoms with Crippen molar-refractivity contribution >= 4 is 11.9 Å². The lowest BCUT2D eigenvalue weighted by molar-refractivity contribution is -0.00829. The summed E-state index contributed by atoms with van der Waals surface area (Å²) in [5.74, 6) is 1.43. The Labute approximate surface area is 178 Å². The van der Waals surface area contributed by atoms with Gasteiger partial charge in [-0.25, -0.2) is 0 Å². The molecule has 3 rings (SSSR count). The van der Waals surface area contributed by atoms with Gasteiger partial charge in [0, 0.05) is 32.2 Å². The average Bonchev–Trinajstić information content (AvgIpc) is 2.79. The van der Waals surface area contributed by atoms with Crippen molar-refractivity contribution in [3.63, 3.8) is 0 Å². The van der Waals surface area contributed by atoms with Gasteiger partial charge in [0.25, 0.3) is 5.91 Å². The molecule has 0 radical (unpaired) electrons. The Morgan fingerprint density at radius 3 is 2.60 bits per heavy atom. The molecule has 1 aliphatic rings. The number of guanidine groups is 1. The third-order valence-electron chi connectivity index (χ3n) is 5.16. The van der Waals surface area contributed by atoms with Crippen LogP contribution in [0.3, 0.4) is 0 Å². The van der Waals surface area contributed by atoms with Crippen LogP contribution in [0.25, 0.3) is 0 Å². The number of carbonyl (C=O) groups excluding carboxylic acids is 1. The van der Waals surface area contributed by atoms with E-state index < -0.39 is 0 Å². The third-order valence-corrected chi connectivity index (χ3v) is 5.16. The number of hydrogen-bond acceptors (Lipinski definition) is 4. The first kappa shape index (κ1) is 21.6. The first-order chi connectivity index (χ1) is 14.6. The molecule has 2 N–H and O–H groups in total. The molecule has 7 heteroatoms. The van der Waals surface area contributed by atoms with Crippen LogP contribution in [0.4, 0.5) is 0 Å². The second kappa shape index (κ2) is 10.6. The predicted molar refractivity (Wildman–Crippen MR) is 118 cm³/mol. The lowest BCUT2D eigenvalue weighted by Crippen LogP contribution is -2.49. The highest BCUT2D eigenvalue weighted by atomic mass is 16.5. The maximum Gasteiger partial charge on any atom is 0.251 e. The minimum absolute atomic E-state index is 0.0216. The van der Waals surface area contributed by atoms with Crippen molar-refractivity contribution in [1.29, 1.82) is 0 Å². The molecule has 1 amide bonds. The molecule has 1 unspecified atom stereocenters. The van der Waals surface area contributed by atoms with E-state index in [4.69, 9.17) is 9.47 Å². The van der Waals surface area contributed by atoms with Crippen molar-refractivity contribution in [3.05, 3.63) is 65.2 Å². The summed E-state index contributed by atoms with van der Waals surface area (Å²) in [6.45, 7) is 5.35. The third kappa shape index (κ3) is 5.51. The predicted octanol–water partition coefficient (Wildman–Crippen LogP) is 2.38.